The molecule has 0 aliphatic rings. The second-order valence-corrected chi connectivity index (χ2v) is 6.80. The zero-order valence-electron chi connectivity index (χ0n) is 16.8. The fourth-order valence-corrected chi connectivity index (χ4v) is 3.37. The number of furan rings is 1. The number of carbonyl (C=O) groups excluding carboxylic acids is 1. The Balaban J connectivity index is 1.80. The molecule has 0 spiro atoms. The van der Waals surface area contributed by atoms with Crippen LogP contribution in [0.5, 0.6) is 5.75 Å². The lowest BCUT2D eigenvalue weighted by atomic mass is 10.1. The monoisotopic (exact) mass is 416 g/mol. The van der Waals surface area contributed by atoms with Crippen molar-refractivity contribution in [3.8, 4) is 17.1 Å². The molecule has 0 saturated heterocycles. The zero-order valence-corrected chi connectivity index (χ0v) is 16.8. The summed E-state index contributed by atoms with van der Waals surface area (Å²) in [5.74, 6) is -0.942. The Morgan fingerprint density at radius 1 is 0.968 bits per heavy atom. The summed E-state index contributed by atoms with van der Waals surface area (Å²) in [5, 5.41) is 10.1. The lowest BCUT2D eigenvalue weighted by molar-refractivity contribution is -0.145. The smallest absolute Gasteiger partial charge is 0.349 e. The summed E-state index contributed by atoms with van der Waals surface area (Å²) < 4.78 is 17.0. The molecular formula is C25H20O6. The van der Waals surface area contributed by atoms with Crippen LogP contribution in [0.3, 0.4) is 0 Å². The van der Waals surface area contributed by atoms with E-state index in [1.807, 2.05) is 30.3 Å². The molecule has 0 aliphatic heterocycles. The van der Waals surface area contributed by atoms with E-state index >= 15 is 0 Å². The Bertz CT molecular complexity index is 1210. The number of hydrogen-bond donors (Lipinski definition) is 1. The Labute approximate surface area is 178 Å². The third kappa shape index (κ3) is 4.14. The SMILES string of the molecule is CCOC(=O)c1c(-c2ccccc2)oc2ccc(OC(C(=O)O)c3ccccc3)cc12. The molecule has 4 rings (SSSR count). The first kappa shape index (κ1) is 20.2. The summed E-state index contributed by atoms with van der Waals surface area (Å²) in [6.07, 6.45) is -1.19. The fourth-order valence-electron chi connectivity index (χ4n) is 3.37. The van der Waals surface area contributed by atoms with Crippen LogP contribution in [0.15, 0.2) is 83.3 Å². The molecule has 1 unspecified atom stereocenters. The van der Waals surface area contributed by atoms with E-state index in [0.29, 0.717) is 28.0 Å². The molecule has 3 aromatic carbocycles. The molecule has 0 radical (unpaired) electrons. The topological polar surface area (TPSA) is 86.0 Å². The van der Waals surface area contributed by atoms with Crippen LogP contribution in [0.1, 0.15) is 28.9 Å². The minimum Gasteiger partial charge on any atom is -0.478 e. The lowest BCUT2D eigenvalue weighted by Crippen LogP contribution is -2.18. The molecule has 156 valence electrons. The molecule has 1 atom stereocenters. The standard InChI is InChI=1S/C25H20O6/c1-2-29-25(28)21-19-15-18(30-23(24(26)27)17-11-7-4-8-12-17)13-14-20(19)31-22(21)16-9-5-3-6-10-16/h3-15,23H,2H2,1H3,(H,26,27). The number of carboxylic acids is 1. The normalized spacial score (nSPS) is 11.8. The highest BCUT2D eigenvalue weighted by atomic mass is 16.5. The van der Waals surface area contributed by atoms with Crippen molar-refractivity contribution < 1.29 is 28.6 Å². The lowest BCUT2D eigenvalue weighted by Gasteiger charge is -2.15. The molecular weight excluding hydrogens is 396 g/mol. The van der Waals surface area contributed by atoms with Gasteiger partial charge in [0, 0.05) is 16.5 Å². The third-order valence-corrected chi connectivity index (χ3v) is 4.76. The summed E-state index contributed by atoms with van der Waals surface area (Å²) >= 11 is 0. The number of carbonyl (C=O) groups is 2. The maximum absolute atomic E-state index is 12.8. The minimum absolute atomic E-state index is 0.213. The number of aliphatic carboxylic acids is 1. The second kappa shape index (κ2) is 8.75. The van der Waals surface area contributed by atoms with Gasteiger partial charge in [-0.05, 0) is 25.1 Å². The number of hydrogen-bond acceptors (Lipinski definition) is 5. The van der Waals surface area contributed by atoms with Crippen LogP contribution in [0, 0.1) is 0 Å². The molecule has 0 fully saturated rings. The first-order valence-corrected chi connectivity index (χ1v) is 9.82. The number of benzene rings is 3. The predicted molar refractivity (Wildman–Crippen MR) is 115 cm³/mol. The van der Waals surface area contributed by atoms with E-state index in [4.69, 9.17) is 13.9 Å². The molecule has 6 nitrogen and oxygen atoms in total. The maximum atomic E-state index is 12.8. The highest BCUT2D eigenvalue weighted by molar-refractivity contribution is 6.09. The molecule has 31 heavy (non-hydrogen) atoms. The number of esters is 1. The molecule has 4 aromatic rings. The van der Waals surface area contributed by atoms with Crippen molar-refractivity contribution in [2.24, 2.45) is 0 Å². The van der Waals surface area contributed by atoms with Gasteiger partial charge in [-0.2, -0.15) is 0 Å². The first-order chi connectivity index (χ1) is 15.1. The van der Waals surface area contributed by atoms with Gasteiger partial charge >= 0.3 is 11.9 Å². The molecule has 1 aromatic heterocycles. The van der Waals surface area contributed by atoms with E-state index in [1.165, 1.54) is 0 Å². The Hall–Kier alpha value is -4.06. The summed E-state index contributed by atoms with van der Waals surface area (Å²) in [5.41, 5.74) is 2.00. The van der Waals surface area contributed by atoms with Crippen LogP contribution in [0.4, 0.5) is 0 Å². The highest BCUT2D eigenvalue weighted by Gasteiger charge is 2.25. The molecule has 1 heterocycles. The Morgan fingerprint density at radius 2 is 1.65 bits per heavy atom. The van der Waals surface area contributed by atoms with Gasteiger partial charge in [-0.3, -0.25) is 0 Å². The molecule has 0 saturated carbocycles. The van der Waals surface area contributed by atoms with Crippen molar-refractivity contribution in [3.05, 3.63) is 90.0 Å². The van der Waals surface area contributed by atoms with E-state index in [0.717, 1.165) is 5.56 Å². The van der Waals surface area contributed by atoms with Crippen molar-refractivity contribution in [3.63, 3.8) is 0 Å². The number of fused-ring (bicyclic) bond motifs is 1. The van der Waals surface area contributed by atoms with Gasteiger partial charge in [-0.1, -0.05) is 60.7 Å². The third-order valence-electron chi connectivity index (χ3n) is 4.76. The largest absolute Gasteiger partial charge is 0.478 e. The van der Waals surface area contributed by atoms with Gasteiger partial charge in [-0.25, -0.2) is 9.59 Å². The van der Waals surface area contributed by atoms with Crippen molar-refractivity contribution in [2.75, 3.05) is 6.61 Å². The molecule has 0 bridgehead atoms. The van der Waals surface area contributed by atoms with Crippen LogP contribution in [0.25, 0.3) is 22.3 Å². The van der Waals surface area contributed by atoms with Gasteiger partial charge in [0.1, 0.15) is 22.7 Å². The van der Waals surface area contributed by atoms with E-state index in [-0.39, 0.29) is 12.2 Å². The van der Waals surface area contributed by atoms with Gasteiger partial charge in [0.2, 0.25) is 6.10 Å². The summed E-state index contributed by atoms with van der Waals surface area (Å²) in [6.45, 7) is 1.94. The molecule has 1 N–H and O–H groups in total. The predicted octanol–water partition coefficient (Wildman–Crippen LogP) is 5.48. The average Bonchev–Trinajstić information content (AvgIpc) is 3.17. The quantitative estimate of drug-likeness (QED) is 0.402. The van der Waals surface area contributed by atoms with Gasteiger partial charge in [0.15, 0.2) is 0 Å². The van der Waals surface area contributed by atoms with Crippen LogP contribution >= 0.6 is 0 Å². The van der Waals surface area contributed by atoms with Crippen molar-refractivity contribution >= 4 is 22.9 Å². The second-order valence-electron chi connectivity index (χ2n) is 6.80. The summed E-state index contributed by atoms with van der Waals surface area (Å²) in [7, 11) is 0. The Kier molecular flexibility index (Phi) is 5.71. The number of ether oxygens (including phenoxy) is 2. The van der Waals surface area contributed by atoms with E-state index in [9.17, 15) is 14.7 Å². The maximum Gasteiger partial charge on any atom is 0.349 e. The van der Waals surface area contributed by atoms with Crippen molar-refractivity contribution in [1.29, 1.82) is 0 Å². The van der Waals surface area contributed by atoms with Crippen LogP contribution in [0.2, 0.25) is 0 Å². The summed E-state index contributed by atoms with van der Waals surface area (Å²) in [4.78, 5) is 24.6. The minimum atomic E-state index is -1.19. The van der Waals surface area contributed by atoms with E-state index in [2.05, 4.69) is 0 Å². The van der Waals surface area contributed by atoms with Gasteiger partial charge in [-0.15, -0.1) is 0 Å². The van der Waals surface area contributed by atoms with Crippen molar-refractivity contribution in [1.82, 2.24) is 0 Å². The van der Waals surface area contributed by atoms with Crippen LogP contribution in [-0.2, 0) is 9.53 Å². The average molecular weight is 416 g/mol. The highest BCUT2D eigenvalue weighted by Crippen LogP contribution is 2.37. The Morgan fingerprint density at radius 3 is 2.29 bits per heavy atom. The van der Waals surface area contributed by atoms with Gasteiger partial charge < -0.3 is 19.0 Å². The number of rotatable bonds is 7. The number of carboxylic acid groups (broad SMARTS) is 1. The first-order valence-electron chi connectivity index (χ1n) is 9.82. The van der Waals surface area contributed by atoms with E-state index < -0.39 is 18.0 Å². The van der Waals surface area contributed by atoms with Crippen LogP contribution in [-0.4, -0.2) is 23.7 Å². The van der Waals surface area contributed by atoms with Crippen molar-refractivity contribution in [2.45, 2.75) is 13.0 Å². The fraction of sp³-hybridized carbons (Fsp3) is 0.120. The molecule has 6 heteroatoms. The van der Waals surface area contributed by atoms with E-state index in [1.54, 1.807) is 55.5 Å². The molecule has 0 amide bonds. The molecule has 0 aliphatic carbocycles. The zero-order chi connectivity index (χ0) is 21.8. The van der Waals surface area contributed by atoms with Gasteiger partial charge in [0.25, 0.3) is 0 Å². The summed E-state index contributed by atoms with van der Waals surface area (Å²) in [6, 6.07) is 22.8. The van der Waals surface area contributed by atoms with Crippen LogP contribution < -0.4 is 4.74 Å². The van der Waals surface area contributed by atoms with Gasteiger partial charge in [0.05, 0.1) is 6.61 Å².